The molecule has 0 atom stereocenters. The standard InChI is InChI=1S/C16H20N4O4/c1-9(2)14-17-10-8-20(6-5-12(10)24-14)15(22)11-7-13(21)19(4)16(23)18(11)3/h7,9H,5-6,8H2,1-4H3. The van der Waals surface area contributed by atoms with Gasteiger partial charge in [0.2, 0.25) is 0 Å². The van der Waals surface area contributed by atoms with E-state index in [0.717, 1.165) is 16.0 Å². The smallest absolute Gasteiger partial charge is 0.331 e. The van der Waals surface area contributed by atoms with Crippen molar-refractivity contribution >= 4 is 5.91 Å². The molecular weight excluding hydrogens is 312 g/mol. The molecule has 0 N–H and O–H groups in total. The average Bonchev–Trinajstić information content (AvgIpc) is 2.99. The zero-order valence-corrected chi connectivity index (χ0v) is 14.2. The van der Waals surface area contributed by atoms with Gasteiger partial charge >= 0.3 is 5.69 Å². The Hall–Kier alpha value is -2.64. The average molecular weight is 332 g/mol. The first kappa shape index (κ1) is 16.2. The molecule has 24 heavy (non-hydrogen) atoms. The number of rotatable bonds is 2. The van der Waals surface area contributed by atoms with Crippen LogP contribution in [0.1, 0.15) is 47.6 Å². The zero-order valence-electron chi connectivity index (χ0n) is 14.2. The van der Waals surface area contributed by atoms with E-state index in [0.29, 0.717) is 25.4 Å². The molecule has 0 fully saturated rings. The summed E-state index contributed by atoms with van der Waals surface area (Å²) in [6.45, 7) is 4.77. The molecule has 1 aliphatic heterocycles. The van der Waals surface area contributed by atoms with Gasteiger partial charge in [-0.05, 0) is 0 Å². The highest BCUT2D eigenvalue weighted by molar-refractivity contribution is 5.92. The van der Waals surface area contributed by atoms with Gasteiger partial charge in [-0.15, -0.1) is 0 Å². The fraction of sp³-hybridized carbons (Fsp3) is 0.500. The lowest BCUT2D eigenvalue weighted by Gasteiger charge is -2.26. The Morgan fingerprint density at radius 2 is 1.96 bits per heavy atom. The maximum absolute atomic E-state index is 12.7. The molecule has 2 aromatic heterocycles. The van der Waals surface area contributed by atoms with Crippen LogP contribution < -0.4 is 11.2 Å². The number of amides is 1. The first-order valence-electron chi connectivity index (χ1n) is 7.84. The highest BCUT2D eigenvalue weighted by atomic mass is 16.4. The van der Waals surface area contributed by atoms with Crippen molar-refractivity contribution < 1.29 is 9.21 Å². The van der Waals surface area contributed by atoms with E-state index < -0.39 is 11.2 Å². The lowest BCUT2D eigenvalue weighted by Crippen LogP contribution is -2.43. The van der Waals surface area contributed by atoms with E-state index in [1.165, 1.54) is 24.7 Å². The van der Waals surface area contributed by atoms with Crippen LogP contribution >= 0.6 is 0 Å². The first-order chi connectivity index (χ1) is 11.3. The highest BCUT2D eigenvalue weighted by Crippen LogP contribution is 2.24. The van der Waals surface area contributed by atoms with Crippen LogP contribution in [-0.4, -0.2) is 31.5 Å². The van der Waals surface area contributed by atoms with Crippen LogP contribution in [0.5, 0.6) is 0 Å². The Labute approximate surface area is 138 Å². The lowest BCUT2D eigenvalue weighted by molar-refractivity contribution is 0.0715. The van der Waals surface area contributed by atoms with Crippen LogP contribution in [0.25, 0.3) is 0 Å². The van der Waals surface area contributed by atoms with E-state index in [1.807, 2.05) is 13.8 Å². The fourth-order valence-electron chi connectivity index (χ4n) is 2.74. The van der Waals surface area contributed by atoms with Crippen LogP contribution in [0, 0.1) is 0 Å². The maximum Gasteiger partial charge on any atom is 0.331 e. The molecule has 128 valence electrons. The van der Waals surface area contributed by atoms with Crippen LogP contribution in [-0.2, 0) is 27.1 Å². The fourth-order valence-corrected chi connectivity index (χ4v) is 2.74. The number of carbonyl (C=O) groups excluding carboxylic acids is 1. The molecule has 0 saturated heterocycles. The van der Waals surface area contributed by atoms with E-state index in [9.17, 15) is 14.4 Å². The minimum atomic E-state index is -0.521. The molecule has 0 unspecified atom stereocenters. The van der Waals surface area contributed by atoms with Gasteiger partial charge in [0, 0.05) is 39.0 Å². The van der Waals surface area contributed by atoms with E-state index in [4.69, 9.17) is 4.42 Å². The summed E-state index contributed by atoms with van der Waals surface area (Å²) in [5, 5.41) is 0. The van der Waals surface area contributed by atoms with Gasteiger partial charge < -0.3 is 9.32 Å². The summed E-state index contributed by atoms with van der Waals surface area (Å²) in [5.41, 5.74) is -0.194. The number of aromatic nitrogens is 3. The van der Waals surface area contributed by atoms with Crippen molar-refractivity contribution in [3.8, 4) is 0 Å². The van der Waals surface area contributed by atoms with Crippen molar-refractivity contribution in [1.29, 1.82) is 0 Å². The number of carbonyl (C=O) groups is 1. The Morgan fingerprint density at radius 1 is 1.25 bits per heavy atom. The van der Waals surface area contributed by atoms with Gasteiger partial charge in [-0.25, -0.2) is 9.78 Å². The minimum Gasteiger partial charge on any atom is -0.445 e. The van der Waals surface area contributed by atoms with Gasteiger partial charge in [0.1, 0.15) is 17.1 Å². The van der Waals surface area contributed by atoms with Gasteiger partial charge in [0.25, 0.3) is 11.5 Å². The first-order valence-corrected chi connectivity index (χ1v) is 7.84. The van der Waals surface area contributed by atoms with Crippen LogP contribution in [0.4, 0.5) is 0 Å². The summed E-state index contributed by atoms with van der Waals surface area (Å²) in [5.74, 6) is 1.29. The quantitative estimate of drug-likeness (QED) is 0.794. The van der Waals surface area contributed by atoms with Crippen LogP contribution in [0.15, 0.2) is 20.1 Å². The third-order valence-corrected chi connectivity index (χ3v) is 4.27. The van der Waals surface area contributed by atoms with Gasteiger partial charge in [-0.3, -0.25) is 18.7 Å². The molecule has 2 aromatic rings. The van der Waals surface area contributed by atoms with Gasteiger partial charge in [0.05, 0.1) is 6.54 Å². The number of fused-ring (bicyclic) bond motifs is 1. The van der Waals surface area contributed by atoms with Crippen molar-refractivity contribution in [3.05, 3.63) is 49.9 Å². The Balaban J connectivity index is 1.92. The molecule has 3 rings (SSSR count). The van der Waals surface area contributed by atoms with Crippen molar-refractivity contribution in [2.24, 2.45) is 14.1 Å². The molecule has 0 saturated carbocycles. The summed E-state index contributed by atoms with van der Waals surface area (Å²) < 4.78 is 7.89. The molecule has 0 radical (unpaired) electrons. The predicted octanol–water partition coefficient (Wildman–Crippen LogP) is 0.394. The highest BCUT2D eigenvalue weighted by Gasteiger charge is 2.28. The number of hydrogen-bond acceptors (Lipinski definition) is 5. The van der Waals surface area contributed by atoms with Crippen molar-refractivity contribution in [2.45, 2.75) is 32.7 Å². The van der Waals surface area contributed by atoms with E-state index in [2.05, 4.69) is 4.98 Å². The lowest BCUT2D eigenvalue weighted by atomic mass is 10.1. The molecule has 1 amide bonds. The van der Waals surface area contributed by atoms with Crippen LogP contribution in [0.2, 0.25) is 0 Å². The van der Waals surface area contributed by atoms with E-state index in [-0.39, 0.29) is 17.5 Å². The third-order valence-electron chi connectivity index (χ3n) is 4.27. The van der Waals surface area contributed by atoms with Crippen LogP contribution in [0.3, 0.4) is 0 Å². The topological polar surface area (TPSA) is 90.3 Å². The maximum atomic E-state index is 12.7. The second-order valence-corrected chi connectivity index (χ2v) is 6.32. The van der Waals surface area contributed by atoms with Gasteiger partial charge in [-0.1, -0.05) is 13.8 Å². The Bertz CT molecular complexity index is 919. The molecule has 0 aromatic carbocycles. The third kappa shape index (κ3) is 2.57. The summed E-state index contributed by atoms with van der Waals surface area (Å²) in [4.78, 5) is 42.6. The molecule has 0 spiro atoms. The van der Waals surface area contributed by atoms with Crippen molar-refractivity contribution in [1.82, 2.24) is 19.0 Å². The van der Waals surface area contributed by atoms with Crippen molar-refractivity contribution in [2.75, 3.05) is 6.54 Å². The summed E-state index contributed by atoms with van der Waals surface area (Å²) in [6.07, 6.45) is 0.569. The summed E-state index contributed by atoms with van der Waals surface area (Å²) in [7, 11) is 2.87. The zero-order chi connectivity index (χ0) is 17.6. The molecule has 8 heteroatoms. The summed E-state index contributed by atoms with van der Waals surface area (Å²) in [6, 6.07) is 1.20. The SMILES string of the molecule is CC(C)c1nc2c(o1)CCN(C(=O)c1cc(=O)n(C)c(=O)n1C)C2. The summed E-state index contributed by atoms with van der Waals surface area (Å²) >= 11 is 0. The largest absolute Gasteiger partial charge is 0.445 e. The second kappa shape index (κ2) is 5.77. The predicted molar refractivity (Wildman–Crippen MR) is 86.0 cm³/mol. The molecule has 0 aliphatic carbocycles. The normalized spacial score (nSPS) is 14.1. The molecule has 8 nitrogen and oxygen atoms in total. The Kier molecular flexibility index (Phi) is 3.90. The molecule has 0 bridgehead atoms. The number of oxazole rings is 1. The number of hydrogen-bond donors (Lipinski definition) is 0. The number of nitrogens with zero attached hydrogens (tertiary/aromatic N) is 4. The van der Waals surface area contributed by atoms with E-state index in [1.54, 1.807) is 4.90 Å². The minimum absolute atomic E-state index is 0.0825. The molecular formula is C16H20N4O4. The van der Waals surface area contributed by atoms with Gasteiger partial charge in [0.15, 0.2) is 5.89 Å². The Morgan fingerprint density at radius 3 is 2.62 bits per heavy atom. The van der Waals surface area contributed by atoms with Crippen molar-refractivity contribution in [3.63, 3.8) is 0 Å². The second-order valence-electron chi connectivity index (χ2n) is 6.32. The monoisotopic (exact) mass is 332 g/mol. The van der Waals surface area contributed by atoms with Gasteiger partial charge in [-0.2, -0.15) is 0 Å². The van der Waals surface area contributed by atoms with E-state index >= 15 is 0 Å². The molecule has 1 aliphatic rings. The molecule has 3 heterocycles.